The van der Waals surface area contributed by atoms with Crippen LogP contribution < -0.4 is 5.32 Å². The molecule has 0 saturated carbocycles. The van der Waals surface area contributed by atoms with Gasteiger partial charge in [-0.1, -0.05) is 23.8 Å². The Morgan fingerprint density at radius 3 is 3.14 bits per heavy atom. The number of hydrogen-bond acceptors (Lipinski definition) is 3. The van der Waals surface area contributed by atoms with Gasteiger partial charge in [0.15, 0.2) is 5.65 Å². The summed E-state index contributed by atoms with van der Waals surface area (Å²) in [4.78, 5) is 4.64. The van der Waals surface area contributed by atoms with Gasteiger partial charge in [-0.15, -0.1) is 0 Å². The second-order valence-electron chi connectivity index (χ2n) is 5.51. The highest BCUT2D eigenvalue weighted by Gasteiger charge is 2.22. The third-order valence-electron chi connectivity index (χ3n) is 4.03. The van der Waals surface area contributed by atoms with E-state index in [0.717, 1.165) is 28.8 Å². The van der Waals surface area contributed by atoms with E-state index in [-0.39, 0.29) is 0 Å². The van der Waals surface area contributed by atoms with Crippen molar-refractivity contribution < 1.29 is 0 Å². The summed E-state index contributed by atoms with van der Waals surface area (Å²) >= 11 is 3.48. The molecule has 0 spiro atoms. The molecule has 1 aliphatic rings. The number of nitrogens with one attached hydrogen (secondary N) is 1. The minimum absolute atomic E-state index is 0.344. The summed E-state index contributed by atoms with van der Waals surface area (Å²) in [6.45, 7) is 2.14. The minimum atomic E-state index is 0.344. The minimum Gasteiger partial charge on any atom is -0.363 e. The van der Waals surface area contributed by atoms with Crippen LogP contribution in [0.4, 0.5) is 5.82 Å². The van der Waals surface area contributed by atoms with E-state index in [9.17, 15) is 0 Å². The number of aromatic nitrogens is 3. The first kappa shape index (κ1) is 12.8. The van der Waals surface area contributed by atoms with E-state index in [4.69, 9.17) is 0 Å². The number of rotatable bonds is 2. The van der Waals surface area contributed by atoms with Gasteiger partial charge in [0, 0.05) is 6.20 Å². The fourth-order valence-corrected chi connectivity index (χ4v) is 3.33. The molecule has 4 nitrogen and oxygen atoms in total. The van der Waals surface area contributed by atoms with Crippen molar-refractivity contribution in [3.05, 3.63) is 57.8 Å². The Hall–Kier alpha value is -1.88. The van der Waals surface area contributed by atoms with Crippen LogP contribution in [0.2, 0.25) is 0 Å². The lowest BCUT2D eigenvalue weighted by atomic mass is 10.1. The average molecular weight is 343 g/mol. The zero-order valence-corrected chi connectivity index (χ0v) is 13.3. The summed E-state index contributed by atoms with van der Waals surface area (Å²) in [6, 6.07) is 9.04. The third kappa shape index (κ3) is 2.21. The van der Waals surface area contributed by atoms with Crippen LogP contribution in [0.1, 0.15) is 29.2 Å². The van der Waals surface area contributed by atoms with E-state index in [0.29, 0.717) is 6.04 Å². The first-order chi connectivity index (χ1) is 10.2. The molecule has 0 bridgehead atoms. The third-order valence-corrected chi connectivity index (χ3v) is 4.59. The lowest BCUT2D eigenvalue weighted by molar-refractivity contribution is 0.756. The van der Waals surface area contributed by atoms with Gasteiger partial charge in [0.2, 0.25) is 0 Å². The summed E-state index contributed by atoms with van der Waals surface area (Å²) < 4.78 is 2.68. The number of halogens is 1. The van der Waals surface area contributed by atoms with E-state index in [1.54, 1.807) is 10.7 Å². The van der Waals surface area contributed by atoms with Gasteiger partial charge in [-0.2, -0.15) is 5.10 Å². The van der Waals surface area contributed by atoms with Crippen molar-refractivity contribution in [2.45, 2.75) is 25.8 Å². The summed E-state index contributed by atoms with van der Waals surface area (Å²) in [6.07, 6.45) is 5.94. The molecule has 0 aliphatic heterocycles. The number of nitrogens with zero attached hydrogens (tertiary/aromatic N) is 3. The molecule has 106 valence electrons. The van der Waals surface area contributed by atoms with Gasteiger partial charge in [0.1, 0.15) is 5.82 Å². The Morgan fingerprint density at radius 1 is 1.33 bits per heavy atom. The van der Waals surface area contributed by atoms with Gasteiger partial charge in [-0.05, 0) is 52.9 Å². The van der Waals surface area contributed by atoms with Crippen molar-refractivity contribution in [1.82, 2.24) is 14.6 Å². The molecule has 3 aromatic rings. The molecule has 0 radical (unpaired) electrons. The molecule has 2 aromatic heterocycles. The molecule has 4 rings (SSSR count). The molecule has 1 unspecified atom stereocenters. The predicted molar refractivity (Wildman–Crippen MR) is 86.6 cm³/mol. The summed E-state index contributed by atoms with van der Waals surface area (Å²) in [5, 5.41) is 7.78. The number of anilines is 1. The molecule has 0 amide bonds. The highest BCUT2D eigenvalue weighted by Crippen LogP contribution is 2.34. The highest BCUT2D eigenvalue weighted by molar-refractivity contribution is 9.10. The van der Waals surface area contributed by atoms with Gasteiger partial charge < -0.3 is 5.32 Å². The van der Waals surface area contributed by atoms with Gasteiger partial charge >= 0.3 is 0 Å². The maximum absolute atomic E-state index is 4.64. The van der Waals surface area contributed by atoms with Crippen LogP contribution >= 0.6 is 15.9 Å². The second-order valence-corrected chi connectivity index (χ2v) is 6.37. The van der Waals surface area contributed by atoms with Crippen molar-refractivity contribution in [1.29, 1.82) is 0 Å². The van der Waals surface area contributed by atoms with Crippen LogP contribution in [0, 0.1) is 6.92 Å². The summed E-state index contributed by atoms with van der Waals surface area (Å²) in [7, 11) is 0. The van der Waals surface area contributed by atoms with Crippen molar-refractivity contribution in [2.75, 3.05) is 5.32 Å². The largest absolute Gasteiger partial charge is 0.363 e. The van der Waals surface area contributed by atoms with Crippen molar-refractivity contribution in [2.24, 2.45) is 0 Å². The molecule has 0 saturated heterocycles. The molecule has 1 aromatic carbocycles. The van der Waals surface area contributed by atoms with Crippen molar-refractivity contribution in [3.63, 3.8) is 0 Å². The van der Waals surface area contributed by atoms with Crippen molar-refractivity contribution >= 4 is 27.4 Å². The molecule has 1 aliphatic carbocycles. The van der Waals surface area contributed by atoms with Gasteiger partial charge in [-0.25, -0.2) is 9.50 Å². The zero-order chi connectivity index (χ0) is 14.4. The van der Waals surface area contributed by atoms with Crippen LogP contribution in [0.25, 0.3) is 5.65 Å². The van der Waals surface area contributed by atoms with Crippen molar-refractivity contribution in [3.8, 4) is 0 Å². The molecule has 5 heteroatoms. The fourth-order valence-electron chi connectivity index (χ4n) is 2.97. The Kier molecular flexibility index (Phi) is 2.96. The Balaban J connectivity index is 1.67. The molecular weight excluding hydrogens is 328 g/mol. The molecule has 21 heavy (non-hydrogen) atoms. The molecule has 1 N–H and O–H groups in total. The fraction of sp³-hybridized carbons (Fsp3) is 0.250. The highest BCUT2D eigenvalue weighted by atomic mass is 79.9. The number of benzene rings is 1. The van der Waals surface area contributed by atoms with E-state index in [1.807, 2.05) is 12.3 Å². The topological polar surface area (TPSA) is 42.2 Å². The van der Waals surface area contributed by atoms with Gasteiger partial charge in [-0.3, -0.25) is 0 Å². The lowest BCUT2D eigenvalue weighted by Gasteiger charge is -2.15. The quantitative estimate of drug-likeness (QED) is 0.767. The summed E-state index contributed by atoms with van der Waals surface area (Å²) in [5.41, 5.74) is 5.00. The lowest BCUT2D eigenvalue weighted by Crippen LogP contribution is -2.09. The Morgan fingerprint density at radius 2 is 2.24 bits per heavy atom. The molecule has 2 heterocycles. The Bertz CT molecular complexity index is 824. The SMILES string of the molecule is Cc1ccc2c(c1)C(Nc1ccn3ncc(Br)c3n1)CC2. The number of hydrogen-bond donors (Lipinski definition) is 1. The van der Waals surface area contributed by atoms with E-state index in [1.165, 1.54) is 16.7 Å². The first-order valence-electron chi connectivity index (χ1n) is 7.06. The van der Waals surface area contributed by atoms with Gasteiger partial charge in [0.25, 0.3) is 0 Å². The molecular formula is C16H15BrN4. The van der Waals surface area contributed by atoms with E-state index >= 15 is 0 Å². The normalized spacial score (nSPS) is 17.1. The number of fused-ring (bicyclic) bond motifs is 2. The van der Waals surface area contributed by atoms with Crippen LogP contribution in [0.5, 0.6) is 0 Å². The van der Waals surface area contributed by atoms with Crippen LogP contribution in [-0.2, 0) is 6.42 Å². The van der Waals surface area contributed by atoms with Crippen LogP contribution in [0.15, 0.2) is 41.1 Å². The number of aryl methyl sites for hydroxylation is 2. The molecule has 1 atom stereocenters. The van der Waals surface area contributed by atoms with E-state index < -0.39 is 0 Å². The van der Waals surface area contributed by atoms with Crippen LogP contribution in [0.3, 0.4) is 0 Å². The Labute approximate surface area is 131 Å². The maximum Gasteiger partial charge on any atom is 0.171 e. The van der Waals surface area contributed by atoms with Gasteiger partial charge in [0.05, 0.1) is 16.7 Å². The van der Waals surface area contributed by atoms with Crippen LogP contribution in [-0.4, -0.2) is 14.6 Å². The molecule has 0 fully saturated rings. The monoisotopic (exact) mass is 342 g/mol. The smallest absolute Gasteiger partial charge is 0.171 e. The zero-order valence-electron chi connectivity index (χ0n) is 11.7. The predicted octanol–water partition coefficient (Wildman–Crippen LogP) is 3.90. The van der Waals surface area contributed by atoms with E-state index in [2.05, 4.69) is 56.5 Å². The second kappa shape index (κ2) is 4.84. The summed E-state index contributed by atoms with van der Waals surface area (Å²) in [5.74, 6) is 0.892. The average Bonchev–Trinajstić information content (AvgIpc) is 3.04. The first-order valence-corrected chi connectivity index (χ1v) is 7.86. The maximum atomic E-state index is 4.64. The standard InChI is InChI=1S/C16H15BrN4/c1-10-2-3-11-4-5-14(12(11)8-10)19-15-6-7-21-16(20-15)13(17)9-18-21/h2-3,6-9,14H,4-5H2,1H3,(H,19,20).